The Morgan fingerprint density at radius 2 is 2.12 bits per heavy atom. The average molecular weight is 322 g/mol. The van der Waals surface area contributed by atoms with Crippen molar-refractivity contribution in [2.45, 2.75) is 17.9 Å². The maximum Gasteiger partial charge on any atom is 0.158 e. The molecule has 4 nitrogen and oxygen atoms in total. The van der Waals surface area contributed by atoms with Crippen LogP contribution in [-0.2, 0) is 15.6 Å². The number of sulfone groups is 1. The van der Waals surface area contributed by atoms with Gasteiger partial charge in [0.25, 0.3) is 0 Å². The van der Waals surface area contributed by atoms with Crippen molar-refractivity contribution in [1.29, 1.82) is 0 Å². The Morgan fingerprint density at radius 1 is 1.47 bits per heavy atom. The third kappa shape index (κ3) is 3.69. The van der Waals surface area contributed by atoms with Gasteiger partial charge in [-0.15, -0.1) is 0 Å². The maximum atomic E-state index is 11.9. The molecule has 0 aliphatic heterocycles. The van der Waals surface area contributed by atoms with Gasteiger partial charge in [-0.05, 0) is 40.5 Å². The summed E-state index contributed by atoms with van der Waals surface area (Å²) in [5.41, 5.74) is 6.10. The minimum Gasteiger partial charge on any atom is -0.496 e. The molecule has 0 saturated carbocycles. The van der Waals surface area contributed by atoms with E-state index in [-0.39, 0.29) is 12.3 Å². The molecule has 0 amide bonds. The smallest absolute Gasteiger partial charge is 0.158 e. The van der Waals surface area contributed by atoms with Gasteiger partial charge in [0.15, 0.2) is 9.84 Å². The van der Waals surface area contributed by atoms with Crippen molar-refractivity contribution in [2.75, 3.05) is 13.7 Å². The van der Waals surface area contributed by atoms with E-state index >= 15 is 0 Å². The lowest BCUT2D eigenvalue weighted by Crippen LogP contribution is -2.27. The van der Waals surface area contributed by atoms with Gasteiger partial charge < -0.3 is 10.5 Å². The number of hydrogen-bond donors (Lipinski definition) is 1. The molecule has 0 aliphatic rings. The van der Waals surface area contributed by atoms with Crippen LogP contribution in [0.4, 0.5) is 0 Å². The van der Waals surface area contributed by atoms with Gasteiger partial charge in [-0.3, -0.25) is 0 Å². The number of hydrogen-bond acceptors (Lipinski definition) is 4. The van der Waals surface area contributed by atoms with E-state index < -0.39 is 15.1 Å². The Bertz CT molecular complexity index is 487. The summed E-state index contributed by atoms with van der Waals surface area (Å²) in [5.74, 6) is 0.673. The molecule has 0 aromatic heterocycles. The molecular formula is C11H16BrNO3S. The molecule has 17 heavy (non-hydrogen) atoms. The molecule has 0 heterocycles. The van der Waals surface area contributed by atoms with Crippen LogP contribution in [-0.4, -0.2) is 27.3 Å². The molecule has 6 heteroatoms. The topological polar surface area (TPSA) is 69.4 Å². The molecule has 0 bridgehead atoms. The third-order valence-electron chi connectivity index (χ3n) is 2.53. The van der Waals surface area contributed by atoms with Crippen molar-refractivity contribution in [3.05, 3.63) is 28.2 Å². The quantitative estimate of drug-likeness (QED) is 0.896. The molecule has 0 aliphatic carbocycles. The molecule has 0 fully saturated rings. The van der Waals surface area contributed by atoms with Crippen LogP contribution >= 0.6 is 15.9 Å². The third-order valence-corrected chi connectivity index (χ3v) is 5.30. The van der Waals surface area contributed by atoms with E-state index in [0.717, 1.165) is 10.0 Å². The lowest BCUT2D eigenvalue weighted by molar-refractivity contribution is 0.412. The highest BCUT2D eigenvalue weighted by molar-refractivity contribution is 9.10. The van der Waals surface area contributed by atoms with Crippen LogP contribution in [0.25, 0.3) is 0 Å². The molecule has 0 saturated heterocycles. The van der Waals surface area contributed by atoms with Crippen LogP contribution in [0.3, 0.4) is 0 Å². The monoisotopic (exact) mass is 321 g/mol. The summed E-state index contributed by atoms with van der Waals surface area (Å²) in [4.78, 5) is 0. The van der Waals surface area contributed by atoms with Crippen molar-refractivity contribution < 1.29 is 13.2 Å². The van der Waals surface area contributed by atoms with Crippen LogP contribution in [0, 0.1) is 0 Å². The zero-order chi connectivity index (χ0) is 13.1. The zero-order valence-electron chi connectivity index (χ0n) is 9.81. The molecule has 1 aromatic rings. The number of nitrogens with two attached hydrogens (primary N) is 1. The van der Waals surface area contributed by atoms with Crippen LogP contribution in [0.2, 0.25) is 0 Å². The van der Waals surface area contributed by atoms with Gasteiger partial charge in [-0.1, -0.05) is 6.07 Å². The summed E-state index contributed by atoms with van der Waals surface area (Å²) in [7, 11) is -1.62. The summed E-state index contributed by atoms with van der Waals surface area (Å²) in [5, 5.41) is -0.525. The Morgan fingerprint density at radius 3 is 2.59 bits per heavy atom. The molecule has 2 N–H and O–H groups in total. The molecule has 96 valence electrons. The zero-order valence-corrected chi connectivity index (χ0v) is 12.2. The Hall–Kier alpha value is -0.590. The SMILES string of the molecule is COc1ccc(CS(=O)(=O)C(C)CN)cc1Br. The first-order valence-corrected chi connectivity index (χ1v) is 7.65. The molecule has 1 atom stereocenters. The highest BCUT2D eigenvalue weighted by Crippen LogP contribution is 2.26. The Labute approximate surface area is 110 Å². The number of ether oxygens (including phenoxy) is 1. The molecule has 0 radical (unpaired) electrons. The van der Waals surface area contributed by atoms with Crippen LogP contribution in [0.1, 0.15) is 12.5 Å². The first kappa shape index (κ1) is 14.5. The summed E-state index contributed by atoms with van der Waals surface area (Å²) < 4.78 is 29.6. The highest BCUT2D eigenvalue weighted by atomic mass is 79.9. The van der Waals surface area contributed by atoms with Gasteiger partial charge in [0.05, 0.1) is 22.6 Å². The normalized spacial score (nSPS) is 13.4. The van der Waals surface area contributed by atoms with E-state index in [1.165, 1.54) is 0 Å². The predicted octanol–water partition coefficient (Wildman–Crippen LogP) is 1.72. The lowest BCUT2D eigenvalue weighted by atomic mass is 10.2. The van der Waals surface area contributed by atoms with Gasteiger partial charge in [-0.25, -0.2) is 8.42 Å². The second kappa shape index (κ2) is 5.84. The molecule has 1 rings (SSSR count). The minimum absolute atomic E-state index is 0.00599. The molecule has 1 aromatic carbocycles. The summed E-state index contributed by atoms with van der Waals surface area (Å²) in [6.07, 6.45) is 0. The van der Waals surface area contributed by atoms with Crippen LogP contribution < -0.4 is 10.5 Å². The second-order valence-electron chi connectivity index (χ2n) is 3.82. The number of methoxy groups -OCH3 is 1. The standard InChI is InChI=1S/C11H16BrNO3S/c1-8(6-13)17(14,15)7-9-3-4-11(16-2)10(12)5-9/h3-5,8H,6-7,13H2,1-2H3. The first-order chi connectivity index (χ1) is 7.90. The average Bonchev–Trinajstić information content (AvgIpc) is 2.27. The van der Waals surface area contributed by atoms with E-state index in [2.05, 4.69) is 15.9 Å². The number of benzene rings is 1. The van der Waals surface area contributed by atoms with E-state index in [0.29, 0.717) is 5.75 Å². The summed E-state index contributed by atoms with van der Waals surface area (Å²) in [6.45, 7) is 1.76. The van der Waals surface area contributed by atoms with Gasteiger partial charge in [0, 0.05) is 6.54 Å². The fraction of sp³-hybridized carbons (Fsp3) is 0.455. The van der Waals surface area contributed by atoms with Crippen LogP contribution in [0.15, 0.2) is 22.7 Å². The molecule has 1 unspecified atom stereocenters. The largest absolute Gasteiger partial charge is 0.496 e. The Kier molecular flexibility index (Phi) is 4.97. The van der Waals surface area contributed by atoms with Crippen molar-refractivity contribution in [1.82, 2.24) is 0 Å². The highest BCUT2D eigenvalue weighted by Gasteiger charge is 2.20. The van der Waals surface area contributed by atoms with E-state index in [4.69, 9.17) is 10.5 Å². The van der Waals surface area contributed by atoms with Gasteiger partial charge in [-0.2, -0.15) is 0 Å². The minimum atomic E-state index is -3.19. The second-order valence-corrected chi connectivity index (χ2v) is 7.10. The summed E-state index contributed by atoms with van der Waals surface area (Å²) >= 11 is 3.32. The van der Waals surface area contributed by atoms with Crippen LogP contribution in [0.5, 0.6) is 5.75 Å². The van der Waals surface area contributed by atoms with Gasteiger partial charge in [0.2, 0.25) is 0 Å². The maximum absolute atomic E-state index is 11.9. The number of rotatable bonds is 5. The van der Waals surface area contributed by atoms with E-state index in [9.17, 15) is 8.42 Å². The van der Waals surface area contributed by atoms with Gasteiger partial charge >= 0.3 is 0 Å². The lowest BCUT2D eigenvalue weighted by Gasteiger charge is -2.11. The van der Waals surface area contributed by atoms with E-state index in [1.807, 2.05) is 0 Å². The predicted molar refractivity (Wildman–Crippen MR) is 71.8 cm³/mol. The van der Waals surface area contributed by atoms with Crippen molar-refractivity contribution in [3.8, 4) is 5.75 Å². The fourth-order valence-electron chi connectivity index (χ4n) is 1.32. The van der Waals surface area contributed by atoms with Crippen molar-refractivity contribution >= 4 is 25.8 Å². The summed E-state index contributed by atoms with van der Waals surface area (Å²) in [6, 6.07) is 5.23. The first-order valence-electron chi connectivity index (χ1n) is 5.14. The number of halogens is 1. The van der Waals surface area contributed by atoms with Crippen molar-refractivity contribution in [2.24, 2.45) is 5.73 Å². The fourth-order valence-corrected chi connectivity index (χ4v) is 3.13. The molecule has 0 spiro atoms. The van der Waals surface area contributed by atoms with Gasteiger partial charge in [0.1, 0.15) is 5.75 Å². The van der Waals surface area contributed by atoms with Crippen molar-refractivity contribution in [3.63, 3.8) is 0 Å². The Balaban J connectivity index is 2.93. The molecular weight excluding hydrogens is 306 g/mol. The van der Waals surface area contributed by atoms with E-state index in [1.54, 1.807) is 32.2 Å².